The highest BCUT2D eigenvalue weighted by atomic mass is 16.3. The van der Waals surface area contributed by atoms with Gasteiger partial charge < -0.3 is 10.2 Å². The molecule has 0 aromatic carbocycles. The summed E-state index contributed by atoms with van der Waals surface area (Å²) in [7, 11) is 0. The van der Waals surface area contributed by atoms with Gasteiger partial charge in [-0.2, -0.15) is 0 Å². The maximum absolute atomic E-state index is 5.56. The molecule has 1 aromatic rings. The van der Waals surface area contributed by atoms with Crippen molar-refractivity contribution in [1.82, 2.24) is 5.32 Å². The molecule has 3 N–H and O–H groups in total. The van der Waals surface area contributed by atoms with E-state index in [1.807, 2.05) is 19.1 Å². The second-order valence-electron chi connectivity index (χ2n) is 2.82. The molecule has 3 nitrogen and oxygen atoms in total. The molecule has 0 fully saturated rings. The Hall–Kier alpha value is -1.24. The van der Waals surface area contributed by atoms with Crippen LogP contribution < -0.4 is 11.1 Å². The summed E-state index contributed by atoms with van der Waals surface area (Å²) in [5, 5.41) is 3.09. The maximum atomic E-state index is 5.56. The number of rotatable bonds is 4. The molecular weight excluding hydrogens is 164 g/mol. The van der Waals surface area contributed by atoms with Gasteiger partial charge in [-0.1, -0.05) is 5.92 Å². The first-order valence-corrected chi connectivity index (χ1v) is 4.21. The molecule has 0 aliphatic rings. The molecular formula is C10H14N2O. The molecule has 3 heteroatoms. The summed E-state index contributed by atoms with van der Waals surface area (Å²) in [6, 6.07) is 3.84. The molecule has 1 heterocycles. The van der Waals surface area contributed by atoms with Crippen LogP contribution in [0.3, 0.4) is 0 Å². The first kappa shape index (κ1) is 9.85. The summed E-state index contributed by atoms with van der Waals surface area (Å²) in [5.41, 5.74) is 5.56. The van der Waals surface area contributed by atoms with Crippen molar-refractivity contribution in [1.29, 1.82) is 0 Å². The van der Waals surface area contributed by atoms with Gasteiger partial charge in [-0.3, -0.25) is 5.32 Å². The standard InChI is InChI=1S/C10H14N2O/c1-3-6-12-9(7-11)10-5-4-8(2)13-10/h1,4-5,9,12H,6-7,11H2,2H3. The predicted molar refractivity (Wildman–Crippen MR) is 52.1 cm³/mol. The van der Waals surface area contributed by atoms with Crippen LogP contribution in [-0.2, 0) is 0 Å². The summed E-state index contributed by atoms with van der Waals surface area (Å²) in [6.45, 7) is 2.88. The Kier molecular flexibility index (Phi) is 3.56. The average Bonchev–Trinajstić information content (AvgIpc) is 2.54. The van der Waals surface area contributed by atoms with Crippen LogP contribution in [0.5, 0.6) is 0 Å². The van der Waals surface area contributed by atoms with E-state index in [0.717, 1.165) is 11.5 Å². The van der Waals surface area contributed by atoms with Crippen molar-refractivity contribution in [2.45, 2.75) is 13.0 Å². The Balaban J connectivity index is 2.62. The lowest BCUT2D eigenvalue weighted by atomic mass is 10.2. The highest BCUT2D eigenvalue weighted by molar-refractivity contribution is 5.10. The molecule has 0 aliphatic heterocycles. The monoisotopic (exact) mass is 178 g/mol. The smallest absolute Gasteiger partial charge is 0.122 e. The summed E-state index contributed by atoms with van der Waals surface area (Å²) >= 11 is 0. The van der Waals surface area contributed by atoms with Crippen molar-refractivity contribution < 1.29 is 4.42 Å². The molecule has 0 bridgehead atoms. The Morgan fingerprint density at radius 2 is 2.46 bits per heavy atom. The lowest BCUT2D eigenvalue weighted by Gasteiger charge is -2.11. The SMILES string of the molecule is C#CCNC(CN)c1ccc(C)o1. The van der Waals surface area contributed by atoms with Crippen LogP contribution in [0.4, 0.5) is 0 Å². The van der Waals surface area contributed by atoms with E-state index < -0.39 is 0 Å². The Labute approximate surface area is 78.3 Å². The first-order chi connectivity index (χ1) is 6.27. The number of nitrogens with two attached hydrogens (primary N) is 1. The number of hydrogen-bond acceptors (Lipinski definition) is 3. The van der Waals surface area contributed by atoms with Crippen LogP contribution in [0, 0.1) is 19.3 Å². The topological polar surface area (TPSA) is 51.2 Å². The van der Waals surface area contributed by atoms with E-state index in [4.69, 9.17) is 16.6 Å². The van der Waals surface area contributed by atoms with Gasteiger partial charge in [-0.05, 0) is 19.1 Å². The van der Waals surface area contributed by atoms with Crippen molar-refractivity contribution in [2.75, 3.05) is 13.1 Å². The number of aryl methyl sites for hydroxylation is 1. The minimum Gasteiger partial charge on any atom is -0.465 e. The molecule has 1 unspecified atom stereocenters. The van der Waals surface area contributed by atoms with E-state index >= 15 is 0 Å². The number of nitrogens with one attached hydrogen (secondary N) is 1. The van der Waals surface area contributed by atoms with E-state index in [9.17, 15) is 0 Å². The third-order valence-corrected chi connectivity index (χ3v) is 1.79. The minimum absolute atomic E-state index is 0.0183. The van der Waals surface area contributed by atoms with E-state index in [1.165, 1.54) is 0 Å². The van der Waals surface area contributed by atoms with Crippen LogP contribution in [0.2, 0.25) is 0 Å². The van der Waals surface area contributed by atoms with Crippen molar-refractivity contribution in [3.63, 3.8) is 0 Å². The normalized spacial score (nSPS) is 12.4. The van der Waals surface area contributed by atoms with Gasteiger partial charge in [-0.15, -0.1) is 6.42 Å². The zero-order valence-corrected chi connectivity index (χ0v) is 7.71. The van der Waals surface area contributed by atoms with Gasteiger partial charge in [0.05, 0.1) is 12.6 Å². The summed E-state index contributed by atoms with van der Waals surface area (Å²) in [6.07, 6.45) is 5.13. The van der Waals surface area contributed by atoms with Gasteiger partial charge >= 0.3 is 0 Å². The summed E-state index contributed by atoms with van der Waals surface area (Å²) in [4.78, 5) is 0. The first-order valence-electron chi connectivity index (χ1n) is 4.21. The lowest BCUT2D eigenvalue weighted by molar-refractivity contribution is 0.414. The maximum Gasteiger partial charge on any atom is 0.122 e. The van der Waals surface area contributed by atoms with Crippen LogP contribution in [0.1, 0.15) is 17.6 Å². The lowest BCUT2D eigenvalue weighted by Crippen LogP contribution is -2.28. The van der Waals surface area contributed by atoms with Gasteiger partial charge in [-0.25, -0.2) is 0 Å². The molecule has 0 aliphatic carbocycles. The second kappa shape index (κ2) is 4.70. The van der Waals surface area contributed by atoms with Crippen molar-refractivity contribution in [3.8, 4) is 12.3 Å². The van der Waals surface area contributed by atoms with E-state index in [2.05, 4.69) is 11.2 Å². The van der Waals surface area contributed by atoms with Gasteiger partial charge in [0.15, 0.2) is 0 Å². The van der Waals surface area contributed by atoms with E-state index in [-0.39, 0.29) is 6.04 Å². The fraction of sp³-hybridized carbons (Fsp3) is 0.400. The molecule has 70 valence electrons. The molecule has 0 saturated carbocycles. The minimum atomic E-state index is 0.0183. The molecule has 0 spiro atoms. The number of terminal acetylenes is 1. The van der Waals surface area contributed by atoms with Crippen LogP contribution >= 0.6 is 0 Å². The summed E-state index contributed by atoms with van der Waals surface area (Å²) < 4.78 is 5.42. The molecule has 0 radical (unpaired) electrons. The fourth-order valence-electron chi connectivity index (χ4n) is 1.12. The third kappa shape index (κ3) is 2.62. The molecule has 1 atom stereocenters. The highest BCUT2D eigenvalue weighted by Crippen LogP contribution is 2.14. The average molecular weight is 178 g/mol. The highest BCUT2D eigenvalue weighted by Gasteiger charge is 2.11. The number of hydrogen-bond donors (Lipinski definition) is 2. The molecule has 0 saturated heterocycles. The van der Waals surface area contributed by atoms with Crippen LogP contribution in [0.25, 0.3) is 0 Å². The Morgan fingerprint density at radius 3 is 2.92 bits per heavy atom. The van der Waals surface area contributed by atoms with Crippen molar-refractivity contribution in [3.05, 3.63) is 23.7 Å². The van der Waals surface area contributed by atoms with Gasteiger partial charge in [0, 0.05) is 6.54 Å². The van der Waals surface area contributed by atoms with Crippen LogP contribution in [0.15, 0.2) is 16.5 Å². The molecule has 0 amide bonds. The van der Waals surface area contributed by atoms with E-state index in [0.29, 0.717) is 13.1 Å². The Bertz CT molecular complexity index is 298. The second-order valence-corrected chi connectivity index (χ2v) is 2.82. The van der Waals surface area contributed by atoms with Gasteiger partial charge in [0.1, 0.15) is 11.5 Å². The largest absolute Gasteiger partial charge is 0.465 e. The van der Waals surface area contributed by atoms with Crippen LogP contribution in [-0.4, -0.2) is 13.1 Å². The van der Waals surface area contributed by atoms with E-state index in [1.54, 1.807) is 0 Å². The zero-order valence-electron chi connectivity index (χ0n) is 7.71. The third-order valence-electron chi connectivity index (χ3n) is 1.79. The molecule has 13 heavy (non-hydrogen) atoms. The predicted octanol–water partition coefficient (Wildman–Crippen LogP) is 0.811. The molecule has 1 rings (SSSR count). The molecule has 1 aromatic heterocycles. The Morgan fingerprint density at radius 1 is 1.69 bits per heavy atom. The van der Waals surface area contributed by atoms with Gasteiger partial charge in [0.2, 0.25) is 0 Å². The fourth-order valence-corrected chi connectivity index (χ4v) is 1.12. The zero-order chi connectivity index (χ0) is 9.68. The van der Waals surface area contributed by atoms with Gasteiger partial charge in [0.25, 0.3) is 0 Å². The quantitative estimate of drug-likeness (QED) is 0.671. The summed E-state index contributed by atoms with van der Waals surface area (Å²) in [5.74, 6) is 4.23. The number of furan rings is 1. The van der Waals surface area contributed by atoms with Crippen molar-refractivity contribution in [2.24, 2.45) is 5.73 Å². The van der Waals surface area contributed by atoms with Crippen molar-refractivity contribution >= 4 is 0 Å².